The number of hydrogen-bond donors (Lipinski definition) is 1. The number of amidine groups is 2. The van der Waals surface area contributed by atoms with E-state index >= 15 is 0 Å². The van der Waals surface area contributed by atoms with Gasteiger partial charge in [-0.3, -0.25) is 5.41 Å². The Morgan fingerprint density at radius 2 is 1.48 bits per heavy atom. The lowest BCUT2D eigenvalue weighted by Crippen LogP contribution is -2.04. The number of hydrogen-bond acceptors (Lipinski definition) is 3. The Morgan fingerprint density at radius 3 is 2.36 bits per heavy atom. The first-order chi connectivity index (χ1) is 26.3. The lowest BCUT2D eigenvalue weighted by atomic mass is 9.99. The van der Waals surface area contributed by atoms with Crippen LogP contribution in [-0.2, 0) is 0 Å². The van der Waals surface area contributed by atoms with E-state index in [1.807, 2.05) is 42.5 Å². The number of aliphatic imine (C=N–C) groups is 2. The molecule has 3 nitrogen and oxygen atoms in total. The molecule has 0 aliphatic carbocycles. The number of rotatable bonds is 4. The van der Waals surface area contributed by atoms with Gasteiger partial charge in [-0.25, -0.2) is 9.98 Å². The Bertz CT molecular complexity index is 3000. The standard InChI is InChI=1S/C39H25N3S2/c40-38(26-13-5-2-6-14-26)42-39(41-24-28-15-9-18-31-30-16-7-8-19-33(30)44-37(28)31)27-21-22-32-35(23-27)43-34-20-10-17-29(36(32)34)25-11-3-1-4-12-25/h1-24,40H/i1D,3D,4D,10D,11D,12D,17D,20D,21D,22D,23D. The maximum Gasteiger partial charge on any atom is 0.161 e. The van der Waals surface area contributed by atoms with Gasteiger partial charge in [0.2, 0.25) is 0 Å². The molecule has 0 bridgehead atoms. The molecule has 44 heavy (non-hydrogen) atoms. The van der Waals surface area contributed by atoms with Crippen LogP contribution in [0.25, 0.3) is 51.5 Å². The zero-order valence-corrected chi connectivity index (χ0v) is 24.3. The summed E-state index contributed by atoms with van der Waals surface area (Å²) in [6.07, 6.45) is 1.56. The quantitative estimate of drug-likeness (QED) is 0.152. The number of nitrogens with one attached hydrogen (secondary N) is 1. The first-order valence-electron chi connectivity index (χ1n) is 19.0. The topological polar surface area (TPSA) is 48.6 Å². The van der Waals surface area contributed by atoms with Gasteiger partial charge in [-0.1, -0.05) is 121 Å². The molecule has 6 aromatic carbocycles. The fourth-order valence-corrected chi connectivity index (χ4v) is 7.24. The molecule has 2 aromatic heterocycles. The van der Waals surface area contributed by atoms with E-state index in [4.69, 9.17) is 21.4 Å². The van der Waals surface area contributed by atoms with Crippen molar-refractivity contribution in [1.29, 1.82) is 5.41 Å². The summed E-state index contributed by atoms with van der Waals surface area (Å²) in [5.74, 6) is -0.390. The molecule has 0 unspecified atom stereocenters. The molecule has 208 valence electrons. The number of fused-ring (bicyclic) bond motifs is 6. The van der Waals surface area contributed by atoms with Crippen LogP contribution in [0.15, 0.2) is 149 Å². The van der Waals surface area contributed by atoms with Crippen molar-refractivity contribution in [3.05, 3.63) is 156 Å². The molecule has 1 N–H and O–H groups in total. The van der Waals surface area contributed by atoms with E-state index in [1.165, 1.54) is 0 Å². The van der Waals surface area contributed by atoms with Crippen LogP contribution in [0.5, 0.6) is 0 Å². The van der Waals surface area contributed by atoms with E-state index < -0.39 is 60.4 Å². The summed E-state index contributed by atoms with van der Waals surface area (Å²) < 4.78 is 98.5. The molecule has 0 saturated carbocycles. The van der Waals surface area contributed by atoms with Crippen molar-refractivity contribution in [3.63, 3.8) is 0 Å². The SMILES string of the molecule is [2H]c1c([2H])c([2H])c(-c2c([2H])c([2H])c([2H])c3sc4c([2H])c(C(N=Cc5cccc6c5sc5ccccc56)=NC(=N)c5ccccc5)c([2H])c([2H])c4c23)c([2H])c1[2H]. The van der Waals surface area contributed by atoms with Gasteiger partial charge in [-0.15, -0.1) is 22.7 Å². The van der Waals surface area contributed by atoms with Crippen molar-refractivity contribution in [2.24, 2.45) is 9.98 Å². The first kappa shape index (κ1) is 17.2. The third kappa shape index (κ3) is 4.73. The number of benzene rings is 6. The van der Waals surface area contributed by atoms with Crippen molar-refractivity contribution in [2.75, 3.05) is 0 Å². The van der Waals surface area contributed by atoms with E-state index in [2.05, 4.69) is 4.99 Å². The van der Waals surface area contributed by atoms with Crippen molar-refractivity contribution < 1.29 is 15.1 Å². The van der Waals surface area contributed by atoms with Crippen LogP contribution >= 0.6 is 22.7 Å². The van der Waals surface area contributed by atoms with Crippen LogP contribution in [0.4, 0.5) is 0 Å². The molecule has 0 amide bonds. The molecule has 5 heteroatoms. The smallest absolute Gasteiger partial charge is 0.161 e. The lowest BCUT2D eigenvalue weighted by Gasteiger charge is -2.06. The minimum atomic E-state index is -0.661. The highest BCUT2D eigenvalue weighted by molar-refractivity contribution is 7.26. The van der Waals surface area contributed by atoms with Crippen molar-refractivity contribution >= 4 is 80.9 Å². The maximum absolute atomic E-state index is 9.48. The monoisotopic (exact) mass is 610 g/mol. The summed E-state index contributed by atoms with van der Waals surface area (Å²) in [6.45, 7) is 0. The van der Waals surface area contributed by atoms with Gasteiger partial charge in [0.25, 0.3) is 0 Å². The molecule has 0 aliphatic heterocycles. The molecule has 2 heterocycles. The summed E-state index contributed by atoms with van der Waals surface area (Å²) in [5, 5.41) is 10.9. The van der Waals surface area contributed by atoms with Gasteiger partial charge in [0, 0.05) is 63.2 Å². The van der Waals surface area contributed by atoms with Crippen molar-refractivity contribution in [2.45, 2.75) is 0 Å². The summed E-state index contributed by atoms with van der Waals surface area (Å²) in [6, 6.07) is 16.4. The number of thiophene rings is 2. The predicted octanol–water partition coefficient (Wildman–Crippen LogP) is 11.0. The largest absolute Gasteiger partial charge is 0.282 e. The van der Waals surface area contributed by atoms with Crippen LogP contribution in [0.2, 0.25) is 0 Å². The average Bonchev–Trinajstić information content (AvgIpc) is 3.78. The van der Waals surface area contributed by atoms with Crippen LogP contribution < -0.4 is 0 Å². The zero-order chi connectivity index (χ0) is 39.0. The molecule has 8 rings (SSSR count). The van der Waals surface area contributed by atoms with E-state index in [9.17, 15) is 4.11 Å². The highest BCUT2D eigenvalue weighted by Crippen LogP contribution is 2.40. The molecule has 0 aliphatic rings. The number of nitrogens with zero attached hydrogens (tertiary/aromatic N) is 2. The molecule has 0 spiro atoms. The molecule has 8 aromatic rings. The van der Waals surface area contributed by atoms with Crippen LogP contribution in [0, 0.1) is 5.41 Å². The van der Waals surface area contributed by atoms with Crippen molar-refractivity contribution in [1.82, 2.24) is 0 Å². The summed E-state index contributed by atoms with van der Waals surface area (Å²) >= 11 is 2.45. The maximum atomic E-state index is 9.48. The molecular weight excluding hydrogens is 575 g/mol. The fraction of sp³-hybridized carbons (Fsp3) is 0. The minimum absolute atomic E-state index is 0.0291. The van der Waals surface area contributed by atoms with Gasteiger partial charge in [-0.05, 0) is 29.3 Å². The molecule has 0 saturated heterocycles. The van der Waals surface area contributed by atoms with E-state index in [0.29, 0.717) is 5.56 Å². The van der Waals surface area contributed by atoms with Gasteiger partial charge in [0.15, 0.2) is 11.7 Å². The highest BCUT2D eigenvalue weighted by atomic mass is 32.1. The Labute approximate surface area is 278 Å². The van der Waals surface area contributed by atoms with Gasteiger partial charge < -0.3 is 0 Å². The second kappa shape index (κ2) is 11.1. The van der Waals surface area contributed by atoms with E-state index in [0.717, 1.165) is 37.1 Å². The van der Waals surface area contributed by atoms with E-state index in [1.54, 1.807) is 47.9 Å². The molecule has 0 atom stereocenters. The fourth-order valence-electron chi connectivity index (χ4n) is 5.04. The first-order valence-corrected chi connectivity index (χ1v) is 15.1. The van der Waals surface area contributed by atoms with Crippen LogP contribution in [0.1, 0.15) is 31.8 Å². The lowest BCUT2D eigenvalue weighted by molar-refractivity contribution is 1.40. The average molecular weight is 611 g/mol. The van der Waals surface area contributed by atoms with Gasteiger partial charge in [0.05, 0.1) is 15.1 Å². The zero-order valence-electron chi connectivity index (χ0n) is 33.7. The molecule has 0 radical (unpaired) electrons. The Balaban J connectivity index is 1.42. The third-order valence-electron chi connectivity index (χ3n) is 7.07. The van der Waals surface area contributed by atoms with Gasteiger partial charge in [-0.2, -0.15) is 0 Å². The van der Waals surface area contributed by atoms with Crippen LogP contribution in [-0.4, -0.2) is 17.9 Å². The predicted molar refractivity (Wildman–Crippen MR) is 191 cm³/mol. The second-order valence-corrected chi connectivity index (χ2v) is 11.8. The minimum Gasteiger partial charge on any atom is -0.282 e. The molecular formula is C39H25N3S2. The highest BCUT2D eigenvalue weighted by Gasteiger charge is 2.14. The molecule has 0 fully saturated rings. The Kier molecular flexibility index (Phi) is 4.34. The van der Waals surface area contributed by atoms with E-state index in [-0.39, 0.29) is 54.6 Å². The summed E-state index contributed by atoms with van der Waals surface area (Å²) in [4.78, 5) is 9.22. The summed E-state index contributed by atoms with van der Waals surface area (Å²) in [7, 11) is 0. The Hall–Kier alpha value is -5.23. The van der Waals surface area contributed by atoms with Gasteiger partial charge in [0.1, 0.15) is 0 Å². The summed E-state index contributed by atoms with van der Waals surface area (Å²) in [5.41, 5.74) is 0.375. The third-order valence-corrected chi connectivity index (χ3v) is 9.33. The Morgan fingerprint density at radius 1 is 0.659 bits per heavy atom. The second-order valence-electron chi connectivity index (χ2n) is 9.74. The normalized spacial score (nSPS) is 15.7. The van der Waals surface area contributed by atoms with Crippen LogP contribution in [0.3, 0.4) is 0 Å². The van der Waals surface area contributed by atoms with Gasteiger partial charge >= 0.3 is 0 Å². The van der Waals surface area contributed by atoms with Crippen molar-refractivity contribution in [3.8, 4) is 11.1 Å².